The van der Waals surface area contributed by atoms with E-state index in [2.05, 4.69) is 5.32 Å². The van der Waals surface area contributed by atoms with E-state index in [-0.39, 0.29) is 17.2 Å². The number of anilines is 1. The number of primary sulfonamides is 1. The third-order valence-corrected chi connectivity index (χ3v) is 5.80. The number of carbonyl (C=O) groups is 1. The van der Waals surface area contributed by atoms with E-state index in [0.717, 1.165) is 17.5 Å². The first-order valence-corrected chi connectivity index (χ1v) is 11.5. The maximum atomic E-state index is 12.5. The van der Waals surface area contributed by atoms with E-state index in [1.54, 1.807) is 24.3 Å². The molecular weight excluding hydrogens is 450 g/mol. The van der Waals surface area contributed by atoms with Crippen LogP contribution in [0.25, 0.3) is 0 Å². The molecular formula is C23H20ClN3O4S. The Bertz CT molecular complexity index is 1300. The molecule has 0 atom stereocenters. The molecule has 0 bridgehead atoms. The zero-order chi connectivity index (χ0) is 23.3. The molecule has 3 aromatic carbocycles. The van der Waals surface area contributed by atoms with Crippen molar-refractivity contribution in [1.29, 1.82) is 5.26 Å². The van der Waals surface area contributed by atoms with Crippen LogP contribution in [0.2, 0.25) is 5.02 Å². The molecule has 164 valence electrons. The number of carbonyl (C=O) groups excluding carboxylic acids is 1. The Hall–Kier alpha value is -3.38. The Labute approximate surface area is 191 Å². The smallest absolute Gasteiger partial charge is 0.238 e. The predicted octanol–water partition coefficient (Wildman–Crippen LogP) is 4.39. The van der Waals surface area contributed by atoms with Crippen molar-refractivity contribution in [2.45, 2.75) is 24.7 Å². The first-order valence-electron chi connectivity index (χ1n) is 9.61. The van der Waals surface area contributed by atoms with Crippen molar-refractivity contribution in [3.8, 4) is 17.6 Å². The average Bonchev–Trinajstić information content (AvgIpc) is 2.74. The van der Waals surface area contributed by atoms with Gasteiger partial charge in [-0.3, -0.25) is 4.79 Å². The predicted molar refractivity (Wildman–Crippen MR) is 122 cm³/mol. The van der Waals surface area contributed by atoms with Gasteiger partial charge < -0.3 is 10.1 Å². The highest BCUT2D eigenvalue weighted by atomic mass is 35.5. The molecule has 1 amide bonds. The standard InChI is InChI=1S/C23H20ClN3O4S/c1-2-15-9-17(11-19(10-15)31-22-12-16(14-25)3-8-21(22)24)13-23(28)27-18-4-6-20(7-5-18)32(26,29)30/h3-12H,2,13H2,1H3,(H,27,28)(H2,26,29,30). The van der Waals surface area contributed by atoms with Crippen molar-refractivity contribution in [2.75, 3.05) is 5.32 Å². The summed E-state index contributed by atoms with van der Waals surface area (Å²) in [6.07, 6.45) is 0.805. The molecule has 0 aromatic heterocycles. The van der Waals surface area contributed by atoms with Gasteiger partial charge >= 0.3 is 0 Å². The van der Waals surface area contributed by atoms with Crippen molar-refractivity contribution in [1.82, 2.24) is 0 Å². The number of hydrogen-bond acceptors (Lipinski definition) is 5. The highest BCUT2D eigenvalue weighted by molar-refractivity contribution is 7.89. The topological polar surface area (TPSA) is 122 Å². The number of hydrogen-bond donors (Lipinski definition) is 2. The third-order valence-electron chi connectivity index (χ3n) is 4.55. The van der Waals surface area contributed by atoms with Gasteiger partial charge in [-0.1, -0.05) is 24.6 Å². The third kappa shape index (κ3) is 6.08. The molecule has 9 heteroatoms. The Balaban J connectivity index is 1.77. The number of nitriles is 1. The number of halogens is 1. The molecule has 32 heavy (non-hydrogen) atoms. The molecule has 0 saturated carbocycles. The molecule has 0 saturated heterocycles. The van der Waals surface area contributed by atoms with Crippen LogP contribution < -0.4 is 15.2 Å². The lowest BCUT2D eigenvalue weighted by Gasteiger charge is -2.12. The summed E-state index contributed by atoms with van der Waals surface area (Å²) in [5, 5.41) is 17.3. The van der Waals surface area contributed by atoms with Gasteiger partial charge in [0.2, 0.25) is 15.9 Å². The fourth-order valence-corrected chi connectivity index (χ4v) is 3.66. The van der Waals surface area contributed by atoms with E-state index in [0.29, 0.717) is 27.8 Å². The van der Waals surface area contributed by atoms with E-state index in [1.807, 2.05) is 25.1 Å². The van der Waals surface area contributed by atoms with Gasteiger partial charge in [0.25, 0.3) is 0 Å². The zero-order valence-electron chi connectivity index (χ0n) is 17.1. The number of aryl methyl sites for hydroxylation is 1. The lowest BCUT2D eigenvalue weighted by molar-refractivity contribution is -0.115. The minimum Gasteiger partial charge on any atom is -0.456 e. The summed E-state index contributed by atoms with van der Waals surface area (Å²) < 4.78 is 28.6. The lowest BCUT2D eigenvalue weighted by atomic mass is 10.1. The summed E-state index contributed by atoms with van der Waals surface area (Å²) in [5.74, 6) is 0.572. The molecule has 0 aliphatic rings. The Morgan fingerprint density at radius 1 is 1.09 bits per heavy atom. The van der Waals surface area contributed by atoms with Gasteiger partial charge in [-0.05, 0) is 66.1 Å². The van der Waals surface area contributed by atoms with Gasteiger partial charge in [-0.25, -0.2) is 13.6 Å². The van der Waals surface area contributed by atoms with Crippen molar-refractivity contribution in [3.63, 3.8) is 0 Å². The number of nitrogens with zero attached hydrogens (tertiary/aromatic N) is 1. The largest absolute Gasteiger partial charge is 0.456 e. The highest BCUT2D eigenvalue weighted by Gasteiger charge is 2.11. The van der Waals surface area contributed by atoms with Gasteiger partial charge in [0.15, 0.2) is 0 Å². The number of ether oxygens (including phenoxy) is 1. The van der Waals surface area contributed by atoms with Crippen LogP contribution in [0.15, 0.2) is 65.6 Å². The Morgan fingerprint density at radius 2 is 1.78 bits per heavy atom. The van der Waals surface area contributed by atoms with Crippen molar-refractivity contribution in [3.05, 3.63) is 82.4 Å². The van der Waals surface area contributed by atoms with Crippen LogP contribution in [0.3, 0.4) is 0 Å². The molecule has 0 fully saturated rings. The SMILES string of the molecule is CCc1cc(CC(=O)Nc2ccc(S(N)(=O)=O)cc2)cc(Oc2cc(C#N)ccc2Cl)c1. The zero-order valence-corrected chi connectivity index (χ0v) is 18.7. The summed E-state index contributed by atoms with van der Waals surface area (Å²) >= 11 is 6.19. The van der Waals surface area contributed by atoms with E-state index in [1.165, 1.54) is 24.3 Å². The minimum atomic E-state index is -3.80. The summed E-state index contributed by atoms with van der Waals surface area (Å²) in [4.78, 5) is 12.5. The average molecular weight is 470 g/mol. The maximum Gasteiger partial charge on any atom is 0.238 e. The first-order chi connectivity index (χ1) is 15.2. The van der Waals surface area contributed by atoms with Gasteiger partial charge in [0.1, 0.15) is 11.5 Å². The number of benzene rings is 3. The molecule has 3 N–H and O–H groups in total. The summed E-state index contributed by atoms with van der Waals surface area (Å²) in [6, 6.07) is 17.9. The van der Waals surface area contributed by atoms with Gasteiger partial charge in [-0.15, -0.1) is 0 Å². The van der Waals surface area contributed by atoms with Crippen LogP contribution in [-0.4, -0.2) is 14.3 Å². The van der Waals surface area contributed by atoms with Crippen molar-refractivity contribution < 1.29 is 17.9 Å². The quantitative estimate of drug-likeness (QED) is 0.531. The highest BCUT2D eigenvalue weighted by Crippen LogP contribution is 2.31. The van der Waals surface area contributed by atoms with Crippen LogP contribution in [0.5, 0.6) is 11.5 Å². The van der Waals surface area contributed by atoms with Crippen LogP contribution in [-0.2, 0) is 27.7 Å². The molecule has 0 heterocycles. The van der Waals surface area contributed by atoms with E-state index in [9.17, 15) is 13.2 Å². The van der Waals surface area contributed by atoms with Gasteiger partial charge in [-0.2, -0.15) is 5.26 Å². The number of nitrogens with two attached hydrogens (primary N) is 1. The fraction of sp³-hybridized carbons (Fsp3) is 0.130. The van der Waals surface area contributed by atoms with Crippen molar-refractivity contribution >= 4 is 33.2 Å². The molecule has 0 aliphatic heterocycles. The van der Waals surface area contributed by atoms with E-state index in [4.69, 9.17) is 26.7 Å². The van der Waals surface area contributed by atoms with Crippen LogP contribution in [0.1, 0.15) is 23.6 Å². The molecule has 0 radical (unpaired) electrons. The van der Waals surface area contributed by atoms with Crippen LogP contribution in [0, 0.1) is 11.3 Å². The Kier molecular flexibility index (Phi) is 7.15. The Morgan fingerprint density at radius 3 is 2.41 bits per heavy atom. The number of amides is 1. The number of sulfonamides is 1. The minimum absolute atomic E-state index is 0.0351. The molecule has 0 unspecified atom stereocenters. The molecule has 0 spiro atoms. The number of nitrogens with one attached hydrogen (secondary N) is 1. The summed E-state index contributed by atoms with van der Waals surface area (Å²) in [5.41, 5.74) is 2.57. The van der Waals surface area contributed by atoms with Crippen molar-refractivity contribution in [2.24, 2.45) is 5.14 Å². The summed E-state index contributed by atoms with van der Waals surface area (Å²) in [7, 11) is -3.80. The van der Waals surface area contributed by atoms with E-state index >= 15 is 0 Å². The fourth-order valence-electron chi connectivity index (χ4n) is 2.99. The van der Waals surface area contributed by atoms with Crippen LogP contribution in [0.4, 0.5) is 5.69 Å². The molecule has 3 rings (SSSR count). The lowest BCUT2D eigenvalue weighted by Crippen LogP contribution is -2.15. The van der Waals surface area contributed by atoms with Crippen LogP contribution >= 0.6 is 11.6 Å². The molecule has 3 aromatic rings. The number of rotatable bonds is 7. The molecule has 7 nitrogen and oxygen atoms in total. The summed E-state index contributed by atoms with van der Waals surface area (Å²) in [6.45, 7) is 1.99. The second-order valence-electron chi connectivity index (χ2n) is 6.99. The molecule has 0 aliphatic carbocycles. The van der Waals surface area contributed by atoms with Gasteiger partial charge in [0, 0.05) is 11.8 Å². The monoisotopic (exact) mass is 469 g/mol. The first kappa shape index (κ1) is 23.3. The second kappa shape index (κ2) is 9.83. The van der Waals surface area contributed by atoms with E-state index < -0.39 is 10.0 Å². The maximum absolute atomic E-state index is 12.5. The normalized spacial score (nSPS) is 10.9. The second-order valence-corrected chi connectivity index (χ2v) is 8.96. The van der Waals surface area contributed by atoms with Gasteiger partial charge in [0.05, 0.1) is 28.0 Å².